The lowest BCUT2D eigenvalue weighted by Gasteiger charge is -2.34. The average molecular weight is 567 g/mol. The molecule has 0 unspecified atom stereocenters. The van der Waals surface area contributed by atoms with Crippen LogP contribution in [0.5, 0.6) is 17.2 Å². The summed E-state index contributed by atoms with van der Waals surface area (Å²) in [4.78, 5) is 9.39. The second-order valence-corrected chi connectivity index (χ2v) is 12.2. The molecule has 3 aromatic rings. The first-order chi connectivity index (χ1) is 19.4. The van der Waals surface area contributed by atoms with Crippen LogP contribution in [0.3, 0.4) is 0 Å². The monoisotopic (exact) mass is 566 g/mol. The molecule has 9 nitrogen and oxygen atoms in total. The minimum absolute atomic E-state index is 0.0249. The molecule has 0 aliphatic carbocycles. The van der Waals surface area contributed by atoms with E-state index in [1.165, 1.54) is 35.7 Å². The molecule has 3 heterocycles. The molecule has 0 radical (unpaired) electrons. The number of sulfonamides is 1. The molecule has 40 heavy (non-hydrogen) atoms. The highest BCUT2D eigenvalue weighted by Gasteiger charge is 2.31. The van der Waals surface area contributed by atoms with Gasteiger partial charge in [-0.25, -0.2) is 8.42 Å². The van der Waals surface area contributed by atoms with Crippen molar-refractivity contribution in [2.24, 2.45) is 0 Å². The van der Waals surface area contributed by atoms with E-state index >= 15 is 0 Å². The topological polar surface area (TPSA) is 84.4 Å². The van der Waals surface area contributed by atoms with Crippen LogP contribution in [-0.2, 0) is 23.1 Å². The van der Waals surface area contributed by atoms with Gasteiger partial charge in [-0.1, -0.05) is 18.2 Å². The Morgan fingerprint density at radius 3 is 2.12 bits per heavy atom. The number of piperazine rings is 1. The van der Waals surface area contributed by atoms with Gasteiger partial charge in [-0.15, -0.1) is 0 Å². The Morgan fingerprint density at radius 1 is 0.800 bits per heavy atom. The Hall–Kier alpha value is -3.18. The molecular weight excluding hydrogens is 528 g/mol. The summed E-state index contributed by atoms with van der Waals surface area (Å²) in [6.45, 7) is 6.77. The Morgan fingerprint density at radius 2 is 1.48 bits per heavy atom. The fraction of sp³-hybridized carbons (Fsp3) is 0.433. The number of aromatic nitrogens is 1. The minimum atomic E-state index is -3.63. The van der Waals surface area contributed by atoms with Crippen molar-refractivity contribution in [3.05, 3.63) is 78.1 Å². The minimum Gasteiger partial charge on any atom is -0.493 e. The van der Waals surface area contributed by atoms with Gasteiger partial charge in [0.25, 0.3) is 0 Å². The van der Waals surface area contributed by atoms with Crippen LogP contribution in [-0.4, -0.2) is 87.1 Å². The van der Waals surface area contributed by atoms with E-state index in [1.807, 2.05) is 30.6 Å². The first-order valence-electron chi connectivity index (χ1n) is 13.8. The van der Waals surface area contributed by atoms with Gasteiger partial charge >= 0.3 is 0 Å². The van der Waals surface area contributed by atoms with Crippen molar-refractivity contribution < 1.29 is 22.6 Å². The van der Waals surface area contributed by atoms with Gasteiger partial charge in [0.2, 0.25) is 10.0 Å². The molecule has 2 saturated heterocycles. The van der Waals surface area contributed by atoms with Crippen molar-refractivity contribution in [2.45, 2.75) is 36.9 Å². The van der Waals surface area contributed by atoms with Crippen molar-refractivity contribution in [2.75, 3.05) is 53.5 Å². The Balaban J connectivity index is 1.11. The standard InChI is InChI=1S/C30H38N4O5S/c1-37-29-9-8-28(20-30(29)38-2)40(35,36)34-13-10-26(11-14-34)39-27-7-3-5-24(19-27)22-32-15-17-33(18-16-32)23-25-6-4-12-31-21-25/h3-9,12,19-21,26H,10-11,13-18,22-23H2,1-2H3. The van der Waals surface area contributed by atoms with Crippen LogP contribution in [0.25, 0.3) is 0 Å². The molecule has 10 heteroatoms. The first-order valence-corrected chi connectivity index (χ1v) is 15.2. The Bertz CT molecular complexity index is 1360. The molecule has 0 saturated carbocycles. The summed E-state index contributed by atoms with van der Waals surface area (Å²) < 4.78 is 44.9. The van der Waals surface area contributed by atoms with Crippen LogP contribution in [0, 0.1) is 0 Å². The zero-order chi connectivity index (χ0) is 28.0. The largest absolute Gasteiger partial charge is 0.493 e. The van der Waals surface area contributed by atoms with Gasteiger partial charge in [-0.2, -0.15) is 4.31 Å². The first kappa shape index (κ1) is 28.4. The quantitative estimate of drug-likeness (QED) is 0.368. The number of benzene rings is 2. The van der Waals surface area contributed by atoms with Crippen LogP contribution < -0.4 is 14.2 Å². The van der Waals surface area contributed by atoms with E-state index in [2.05, 4.69) is 33.0 Å². The second kappa shape index (κ2) is 13.0. The fourth-order valence-electron chi connectivity index (χ4n) is 5.34. The summed E-state index contributed by atoms with van der Waals surface area (Å²) in [5.41, 5.74) is 2.48. The fourth-order valence-corrected chi connectivity index (χ4v) is 6.83. The maximum absolute atomic E-state index is 13.2. The SMILES string of the molecule is COc1ccc(S(=O)(=O)N2CCC(Oc3cccc(CN4CCN(Cc5cccnc5)CC4)c3)CC2)cc1OC. The lowest BCUT2D eigenvalue weighted by molar-refractivity contribution is 0.121. The van der Waals surface area contributed by atoms with E-state index in [-0.39, 0.29) is 11.0 Å². The zero-order valence-corrected chi connectivity index (χ0v) is 24.1. The summed E-state index contributed by atoms with van der Waals surface area (Å²) in [5.74, 6) is 1.74. The number of rotatable bonds is 10. The van der Waals surface area contributed by atoms with E-state index < -0.39 is 10.0 Å². The van der Waals surface area contributed by atoms with Gasteiger partial charge in [0.15, 0.2) is 11.5 Å². The third-order valence-electron chi connectivity index (χ3n) is 7.59. The molecule has 0 bridgehead atoms. The third-order valence-corrected chi connectivity index (χ3v) is 9.49. The van der Waals surface area contributed by atoms with Gasteiger partial charge in [-0.05, 0) is 54.3 Å². The van der Waals surface area contributed by atoms with Gasteiger partial charge in [0, 0.05) is 70.8 Å². The molecule has 5 rings (SSSR count). The zero-order valence-electron chi connectivity index (χ0n) is 23.2. The Labute approximate surface area is 237 Å². The van der Waals surface area contributed by atoms with Crippen molar-refractivity contribution in [1.82, 2.24) is 19.1 Å². The summed E-state index contributed by atoms with van der Waals surface area (Å²) in [5, 5.41) is 0. The third kappa shape index (κ3) is 6.93. The Kier molecular flexibility index (Phi) is 9.21. The average Bonchev–Trinajstić information content (AvgIpc) is 2.99. The normalized spacial score (nSPS) is 17.9. The van der Waals surface area contributed by atoms with E-state index in [0.29, 0.717) is 37.4 Å². The lowest BCUT2D eigenvalue weighted by Crippen LogP contribution is -2.45. The van der Waals surface area contributed by atoms with Gasteiger partial charge in [0.1, 0.15) is 11.9 Å². The number of ether oxygens (including phenoxy) is 3. The number of hydrogen-bond acceptors (Lipinski definition) is 8. The number of nitrogens with zero attached hydrogens (tertiary/aromatic N) is 4. The molecule has 0 atom stereocenters. The van der Waals surface area contributed by atoms with Crippen LogP contribution in [0.15, 0.2) is 71.9 Å². The molecule has 0 N–H and O–H groups in total. The summed E-state index contributed by atoms with van der Waals surface area (Å²) in [6.07, 6.45) is 5.00. The van der Waals surface area contributed by atoms with E-state index in [4.69, 9.17) is 14.2 Å². The van der Waals surface area contributed by atoms with Crippen molar-refractivity contribution >= 4 is 10.0 Å². The predicted molar refractivity (Wildman–Crippen MR) is 153 cm³/mol. The molecule has 0 amide bonds. The molecular formula is C30H38N4O5S. The maximum atomic E-state index is 13.2. The summed E-state index contributed by atoms with van der Waals surface area (Å²) in [6, 6.07) is 17.1. The van der Waals surface area contributed by atoms with Crippen molar-refractivity contribution in [3.8, 4) is 17.2 Å². The number of pyridine rings is 1. The van der Waals surface area contributed by atoms with E-state index in [9.17, 15) is 8.42 Å². The number of hydrogen-bond donors (Lipinski definition) is 0. The lowest BCUT2D eigenvalue weighted by atomic mass is 10.1. The molecule has 214 valence electrons. The van der Waals surface area contributed by atoms with Gasteiger partial charge < -0.3 is 14.2 Å². The number of piperidine rings is 1. The molecule has 2 aliphatic rings. The highest BCUT2D eigenvalue weighted by Crippen LogP contribution is 2.32. The summed E-state index contributed by atoms with van der Waals surface area (Å²) in [7, 11) is -0.607. The molecule has 2 fully saturated rings. The molecule has 2 aromatic carbocycles. The smallest absolute Gasteiger partial charge is 0.243 e. The van der Waals surface area contributed by atoms with Crippen LogP contribution in [0.1, 0.15) is 24.0 Å². The van der Waals surface area contributed by atoms with Crippen LogP contribution >= 0.6 is 0 Å². The van der Waals surface area contributed by atoms with Gasteiger partial charge in [-0.3, -0.25) is 14.8 Å². The number of methoxy groups -OCH3 is 2. The molecule has 0 spiro atoms. The van der Waals surface area contributed by atoms with E-state index in [1.54, 1.807) is 12.1 Å². The summed E-state index contributed by atoms with van der Waals surface area (Å²) >= 11 is 0. The molecule has 2 aliphatic heterocycles. The van der Waals surface area contributed by atoms with Crippen LogP contribution in [0.4, 0.5) is 0 Å². The second-order valence-electron chi connectivity index (χ2n) is 10.3. The van der Waals surface area contributed by atoms with E-state index in [0.717, 1.165) is 45.0 Å². The van der Waals surface area contributed by atoms with Gasteiger partial charge in [0.05, 0.1) is 19.1 Å². The van der Waals surface area contributed by atoms with Crippen LogP contribution in [0.2, 0.25) is 0 Å². The van der Waals surface area contributed by atoms with Crippen molar-refractivity contribution in [3.63, 3.8) is 0 Å². The predicted octanol–water partition coefficient (Wildman–Crippen LogP) is 3.65. The highest BCUT2D eigenvalue weighted by molar-refractivity contribution is 7.89. The highest BCUT2D eigenvalue weighted by atomic mass is 32.2. The van der Waals surface area contributed by atoms with Crippen molar-refractivity contribution in [1.29, 1.82) is 0 Å². The maximum Gasteiger partial charge on any atom is 0.243 e. The molecule has 1 aromatic heterocycles.